The van der Waals surface area contributed by atoms with Crippen LogP contribution in [-0.2, 0) is 33.3 Å². The van der Waals surface area contributed by atoms with Gasteiger partial charge in [-0.15, -0.1) is 24.8 Å². The number of carbonyl (C=O) groups excluding carboxylic acids is 2. The first-order valence-corrected chi connectivity index (χ1v) is 17.4. The topological polar surface area (TPSA) is 118 Å². The van der Waals surface area contributed by atoms with E-state index in [1.54, 1.807) is 14.2 Å². The largest absolute Gasteiger partial charge is 0.493 e. The van der Waals surface area contributed by atoms with Crippen LogP contribution >= 0.6 is 24.8 Å². The number of piperidine rings is 2. The zero-order valence-electron chi connectivity index (χ0n) is 28.2. The van der Waals surface area contributed by atoms with Gasteiger partial charge in [-0.2, -0.15) is 0 Å². The van der Waals surface area contributed by atoms with E-state index in [0.717, 1.165) is 22.3 Å². The lowest BCUT2D eigenvalue weighted by molar-refractivity contribution is -0.187. The molecule has 8 atom stereocenters. The minimum absolute atomic E-state index is 0. The molecule has 50 heavy (non-hydrogen) atoms. The first-order valence-electron chi connectivity index (χ1n) is 17.4. The summed E-state index contributed by atoms with van der Waals surface area (Å²) in [6, 6.07) is 7.61. The fourth-order valence-corrected chi connectivity index (χ4v) is 11.8. The third-order valence-electron chi connectivity index (χ3n) is 13.8. The number of benzene rings is 2. The average molecular weight is 726 g/mol. The number of ether oxygens (including phenoxy) is 4. The Morgan fingerprint density at radius 1 is 0.720 bits per heavy atom. The summed E-state index contributed by atoms with van der Waals surface area (Å²) in [5.74, 6) is 9.48. The van der Waals surface area contributed by atoms with Crippen LogP contribution in [0.4, 0.5) is 0 Å². The van der Waals surface area contributed by atoms with Gasteiger partial charge in [0.25, 0.3) is 0 Å². The van der Waals surface area contributed by atoms with Crippen molar-refractivity contribution >= 4 is 36.4 Å². The van der Waals surface area contributed by atoms with Gasteiger partial charge in [-0.1, -0.05) is 24.0 Å². The van der Waals surface area contributed by atoms with E-state index >= 15 is 0 Å². The van der Waals surface area contributed by atoms with E-state index in [2.05, 4.69) is 33.8 Å². The predicted molar refractivity (Wildman–Crippen MR) is 186 cm³/mol. The molecule has 4 bridgehead atoms. The monoisotopic (exact) mass is 724 g/mol. The summed E-state index contributed by atoms with van der Waals surface area (Å²) in [5, 5.41) is 25.2. The summed E-state index contributed by atoms with van der Waals surface area (Å²) in [6.45, 7) is 2.42. The molecular formula is C38H42Cl2N2O8. The summed E-state index contributed by atoms with van der Waals surface area (Å²) in [7, 11) is 3.22. The number of nitrogens with zero attached hydrogens (tertiary/aromatic N) is 2. The molecule has 4 heterocycles. The highest BCUT2D eigenvalue weighted by Gasteiger charge is 2.74. The van der Waals surface area contributed by atoms with Crippen molar-refractivity contribution in [2.45, 2.75) is 97.7 Å². The van der Waals surface area contributed by atoms with Crippen LogP contribution in [0.25, 0.3) is 0 Å². The molecule has 4 fully saturated rings. The number of ketones is 2. The van der Waals surface area contributed by atoms with E-state index in [-0.39, 0.29) is 48.5 Å². The van der Waals surface area contributed by atoms with Crippen LogP contribution in [0.2, 0.25) is 0 Å². The van der Waals surface area contributed by atoms with Crippen LogP contribution in [0.15, 0.2) is 24.3 Å². The van der Waals surface area contributed by atoms with Crippen LogP contribution in [0.1, 0.15) is 60.8 Å². The third-order valence-corrected chi connectivity index (χ3v) is 13.8. The first kappa shape index (κ1) is 34.1. The Morgan fingerprint density at radius 3 is 1.54 bits per heavy atom. The van der Waals surface area contributed by atoms with Gasteiger partial charge in [-0.25, -0.2) is 0 Å². The molecule has 266 valence electrons. The molecule has 2 saturated carbocycles. The SMILES string of the molecule is COc1ccc2c3c1OC1C(=O)CCC4(O)C(C2)N(CC#CCN2CCC56c7c8ccc(OC)c7OC5C(=O)CCC6(O)C2C8)CCC314.Cl.Cl. The van der Waals surface area contributed by atoms with Gasteiger partial charge in [0.05, 0.1) is 49.3 Å². The van der Waals surface area contributed by atoms with E-state index in [1.165, 1.54) is 0 Å². The van der Waals surface area contributed by atoms with Gasteiger partial charge >= 0.3 is 0 Å². The number of hydrogen-bond acceptors (Lipinski definition) is 10. The van der Waals surface area contributed by atoms with Crippen molar-refractivity contribution in [2.24, 2.45) is 0 Å². The second kappa shape index (κ2) is 11.2. The Labute approximate surface area is 303 Å². The number of methoxy groups -OCH3 is 2. The Balaban J connectivity index is 0.00000180. The molecule has 0 amide bonds. The highest BCUT2D eigenvalue weighted by atomic mass is 35.5. The van der Waals surface area contributed by atoms with Crippen LogP contribution in [0, 0.1) is 11.8 Å². The number of Topliss-reactive ketones (excluding diaryl/α,β-unsaturated/α-hetero) is 2. The molecule has 2 saturated heterocycles. The highest BCUT2D eigenvalue weighted by Crippen LogP contribution is 2.66. The molecule has 0 radical (unpaired) electrons. The maximum absolute atomic E-state index is 13.3. The van der Waals surface area contributed by atoms with Gasteiger partial charge in [0.15, 0.2) is 46.8 Å². The molecular weight excluding hydrogens is 683 g/mol. The molecule has 2 aromatic rings. The maximum Gasteiger partial charge on any atom is 0.174 e. The normalized spacial score (nSPS) is 37.8. The zero-order valence-corrected chi connectivity index (χ0v) is 29.8. The quantitative estimate of drug-likeness (QED) is 0.456. The van der Waals surface area contributed by atoms with Gasteiger partial charge in [-0.3, -0.25) is 19.4 Å². The number of likely N-dealkylation sites (tertiary alicyclic amines) is 2. The Hall–Kier alpha value is -3.04. The third kappa shape index (κ3) is 3.76. The van der Waals surface area contributed by atoms with Crippen molar-refractivity contribution in [3.63, 3.8) is 0 Å². The van der Waals surface area contributed by atoms with Crippen molar-refractivity contribution in [3.05, 3.63) is 46.5 Å². The van der Waals surface area contributed by atoms with Gasteiger partial charge in [0, 0.05) is 49.1 Å². The van der Waals surface area contributed by atoms with E-state index in [4.69, 9.17) is 18.9 Å². The standard InChI is InChI=1S/C38H40N2O8.2ClH/c1-45-25-7-5-21-19-27-37(43)11-9-23(41)33-35(37,29(21)31(25)47-33)13-17-39(27)15-3-4-16-40-18-14-36-30-22-6-8-26(46-2)32(30)48-34(36)24(42)10-12-38(36,44)28(40)20-22;;/h5-8,27-28,33-34,43-44H,9-20H2,1-2H3;2*1H. The molecule has 2 aromatic carbocycles. The first-order chi connectivity index (χ1) is 23.2. The Morgan fingerprint density at radius 2 is 1.14 bits per heavy atom. The molecule has 10 nitrogen and oxygen atoms in total. The molecule has 8 aliphatic rings. The van der Waals surface area contributed by atoms with E-state index < -0.39 is 34.2 Å². The number of carbonyl (C=O) groups is 2. The average Bonchev–Trinajstić information content (AvgIpc) is 3.62. The van der Waals surface area contributed by atoms with Gasteiger partial charge < -0.3 is 29.2 Å². The van der Waals surface area contributed by atoms with Crippen LogP contribution < -0.4 is 18.9 Å². The van der Waals surface area contributed by atoms with Gasteiger partial charge in [0.1, 0.15) is 0 Å². The van der Waals surface area contributed by atoms with Gasteiger partial charge in [-0.05, 0) is 61.8 Å². The smallest absolute Gasteiger partial charge is 0.174 e. The summed E-state index contributed by atoms with van der Waals surface area (Å²) in [6.07, 6.45) is 2.57. The fourth-order valence-electron chi connectivity index (χ4n) is 11.8. The minimum Gasteiger partial charge on any atom is -0.493 e. The van der Waals surface area contributed by atoms with E-state index in [0.29, 0.717) is 101 Å². The van der Waals surface area contributed by atoms with Crippen LogP contribution in [0.3, 0.4) is 0 Å². The van der Waals surface area contributed by atoms with Crippen molar-refractivity contribution < 1.29 is 38.7 Å². The molecule has 0 aromatic heterocycles. The summed E-state index contributed by atoms with van der Waals surface area (Å²) in [4.78, 5) is 31.1. The molecule has 2 spiro atoms. The second-order valence-electron chi connectivity index (χ2n) is 15.2. The molecule has 4 aliphatic carbocycles. The number of aliphatic hydroxyl groups is 2. The summed E-state index contributed by atoms with van der Waals surface area (Å²) in [5.41, 5.74) is 0.448. The lowest BCUT2D eigenvalue weighted by Crippen LogP contribution is -2.76. The Kier molecular flexibility index (Phi) is 7.65. The zero-order chi connectivity index (χ0) is 32.8. The lowest BCUT2D eigenvalue weighted by atomic mass is 9.49. The van der Waals surface area contributed by atoms with Crippen molar-refractivity contribution in [1.29, 1.82) is 0 Å². The highest BCUT2D eigenvalue weighted by molar-refractivity contribution is 5.91. The van der Waals surface area contributed by atoms with Crippen LogP contribution in [-0.4, -0.2) is 107 Å². The minimum atomic E-state index is -1.10. The van der Waals surface area contributed by atoms with E-state index in [1.807, 2.05) is 12.1 Å². The second-order valence-corrected chi connectivity index (χ2v) is 15.2. The van der Waals surface area contributed by atoms with Crippen LogP contribution in [0.5, 0.6) is 23.0 Å². The lowest BCUT2D eigenvalue weighted by Gasteiger charge is -2.62. The van der Waals surface area contributed by atoms with Crippen molar-refractivity contribution in [1.82, 2.24) is 9.80 Å². The molecule has 8 unspecified atom stereocenters. The number of rotatable bonds is 4. The molecule has 4 aliphatic heterocycles. The summed E-state index contributed by atoms with van der Waals surface area (Å²) >= 11 is 0. The number of hydrogen-bond donors (Lipinski definition) is 2. The number of halogens is 2. The molecule has 12 heteroatoms. The van der Waals surface area contributed by atoms with Gasteiger partial charge in [0.2, 0.25) is 0 Å². The Bertz CT molecular complexity index is 1760. The molecule has 2 N–H and O–H groups in total. The predicted octanol–water partition coefficient (Wildman–Crippen LogP) is 2.70. The van der Waals surface area contributed by atoms with Crippen molar-refractivity contribution in [3.8, 4) is 34.8 Å². The maximum atomic E-state index is 13.3. The van der Waals surface area contributed by atoms with Crippen molar-refractivity contribution in [2.75, 3.05) is 40.4 Å². The molecule has 10 rings (SSSR count). The fraction of sp³-hybridized carbons (Fsp3) is 0.579. The summed E-state index contributed by atoms with van der Waals surface area (Å²) < 4.78 is 24.0. The van der Waals surface area contributed by atoms with E-state index in [9.17, 15) is 19.8 Å².